The maximum atomic E-state index is 13.5. The average Bonchev–Trinajstić information content (AvgIpc) is 2.75. The summed E-state index contributed by atoms with van der Waals surface area (Å²) in [6.07, 6.45) is 0.758. The van der Waals surface area contributed by atoms with Gasteiger partial charge in [-0.15, -0.1) is 11.3 Å². The van der Waals surface area contributed by atoms with Crippen LogP contribution < -0.4 is 4.74 Å². The van der Waals surface area contributed by atoms with Crippen molar-refractivity contribution in [3.05, 3.63) is 45.7 Å². The highest BCUT2D eigenvalue weighted by Crippen LogP contribution is 2.29. The molecule has 0 saturated heterocycles. The topological polar surface area (TPSA) is 42.4 Å². The monoisotopic (exact) mass is 253 g/mol. The molecule has 0 aliphatic carbocycles. The summed E-state index contributed by atoms with van der Waals surface area (Å²) in [5.74, 6) is -0.313. The molecule has 90 valence electrons. The van der Waals surface area contributed by atoms with Crippen LogP contribution >= 0.6 is 11.3 Å². The molecule has 0 radical (unpaired) electrons. The lowest BCUT2D eigenvalue weighted by Crippen LogP contribution is -1.98. The van der Waals surface area contributed by atoms with Crippen LogP contribution in [0.4, 0.5) is 4.39 Å². The van der Waals surface area contributed by atoms with E-state index in [1.807, 2.05) is 6.92 Å². The number of aliphatic hydroxyl groups is 1. The largest absolute Gasteiger partial charge is 0.494 e. The summed E-state index contributed by atoms with van der Waals surface area (Å²) < 4.78 is 18.3. The Hall–Kier alpha value is -1.46. The van der Waals surface area contributed by atoms with Gasteiger partial charge in [-0.25, -0.2) is 9.37 Å². The zero-order chi connectivity index (χ0) is 12.4. The first kappa shape index (κ1) is 12.0. The lowest BCUT2D eigenvalue weighted by atomic mass is 10.1. The number of aromatic nitrogens is 1. The molecule has 0 amide bonds. The van der Waals surface area contributed by atoms with Gasteiger partial charge in [-0.2, -0.15) is 0 Å². The number of halogens is 1. The van der Waals surface area contributed by atoms with Crippen LogP contribution in [0.25, 0.3) is 0 Å². The van der Waals surface area contributed by atoms with Crippen LogP contribution in [0.5, 0.6) is 5.75 Å². The highest BCUT2D eigenvalue weighted by atomic mass is 32.1. The van der Waals surface area contributed by atoms with Crippen molar-refractivity contribution in [2.45, 2.75) is 13.0 Å². The van der Waals surface area contributed by atoms with E-state index in [1.165, 1.54) is 30.6 Å². The minimum atomic E-state index is -0.846. The molecule has 2 aromatic rings. The zero-order valence-corrected chi connectivity index (χ0v) is 10.3. The molecule has 0 aliphatic heterocycles. The number of ether oxygens (including phenoxy) is 1. The standard InChI is InChI=1S/C12H12FNO2S/c1-7-14-6-11(17-7)12(15)8-3-4-10(16-2)9(13)5-8/h3-6,12,15H,1-2H3. The first-order valence-corrected chi connectivity index (χ1v) is 5.87. The van der Waals surface area contributed by atoms with E-state index in [4.69, 9.17) is 4.74 Å². The van der Waals surface area contributed by atoms with Crippen LogP contribution in [0.2, 0.25) is 0 Å². The average molecular weight is 253 g/mol. The predicted molar refractivity (Wildman–Crippen MR) is 63.9 cm³/mol. The number of benzene rings is 1. The van der Waals surface area contributed by atoms with Crippen molar-refractivity contribution in [3.63, 3.8) is 0 Å². The third kappa shape index (κ3) is 2.45. The van der Waals surface area contributed by atoms with Crippen LogP contribution in [-0.4, -0.2) is 17.2 Å². The summed E-state index contributed by atoms with van der Waals surface area (Å²) in [6, 6.07) is 4.42. The number of aryl methyl sites for hydroxylation is 1. The summed E-state index contributed by atoms with van der Waals surface area (Å²) in [5.41, 5.74) is 0.493. The van der Waals surface area contributed by atoms with Crippen molar-refractivity contribution in [2.24, 2.45) is 0 Å². The molecule has 2 rings (SSSR count). The smallest absolute Gasteiger partial charge is 0.165 e. The van der Waals surface area contributed by atoms with Crippen molar-refractivity contribution < 1.29 is 14.2 Å². The molecule has 1 atom stereocenters. The van der Waals surface area contributed by atoms with Crippen molar-refractivity contribution in [3.8, 4) is 5.75 Å². The molecule has 17 heavy (non-hydrogen) atoms. The molecule has 3 nitrogen and oxygen atoms in total. The molecule has 5 heteroatoms. The van der Waals surface area contributed by atoms with Crippen molar-refractivity contribution >= 4 is 11.3 Å². The van der Waals surface area contributed by atoms with Crippen LogP contribution in [0.3, 0.4) is 0 Å². The Balaban J connectivity index is 2.31. The number of rotatable bonds is 3. The van der Waals surface area contributed by atoms with Gasteiger partial charge in [-0.05, 0) is 24.6 Å². The second-order valence-electron chi connectivity index (χ2n) is 3.58. The maximum Gasteiger partial charge on any atom is 0.165 e. The fourth-order valence-corrected chi connectivity index (χ4v) is 2.32. The number of methoxy groups -OCH3 is 1. The molecule has 0 fully saturated rings. The molecule has 0 spiro atoms. The summed E-state index contributed by atoms with van der Waals surface area (Å²) >= 11 is 1.39. The van der Waals surface area contributed by atoms with Gasteiger partial charge in [0.15, 0.2) is 11.6 Å². The summed E-state index contributed by atoms with van der Waals surface area (Å²) in [7, 11) is 1.40. The minimum absolute atomic E-state index is 0.168. The third-order valence-electron chi connectivity index (χ3n) is 2.40. The molecular weight excluding hydrogens is 241 g/mol. The van der Waals surface area contributed by atoms with Crippen LogP contribution in [0.15, 0.2) is 24.4 Å². The number of hydrogen-bond donors (Lipinski definition) is 1. The van der Waals surface area contributed by atoms with Gasteiger partial charge in [0.05, 0.1) is 17.0 Å². The number of aliphatic hydroxyl groups excluding tert-OH is 1. The zero-order valence-electron chi connectivity index (χ0n) is 9.48. The molecule has 0 saturated carbocycles. The number of thiazole rings is 1. The Kier molecular flexibility index (Phi) is 3.40. The highest BCUT2D eigenvalue weighted by Gasteiger charge is 2.15. The summed E-state index contributed by atoms with van der Waals surface area (Å²) in [6.45, 7) is 1.86. The van der Waals surface area contributed by atoms with E-state index in [0.717, 1.165) is 5.01 Å². The van der Waals surface area contributed by atoms with Gasteiger partial charge in [-0.1, -0.05) is 6.07 Å². The SMILES string of the molecule is COc1ccc(C(O)c2cnc(C)s2)cc1F. The molecule has 1 aromatic carbocycles. The predicted octanol–water partition coefficient (Wildman–Crippen LogP) is 2.68. The lowest BCUT2D eigenvalue weighted by molar-refractivity contribution is 0.223. The number of nitrogens with zero attached hydrogens (tertiary/aromatic N) is 1. The van der Waals surface area contributed by atoms with Crippen molar-refractivity contribution in [1.82, 2.24) is 4.98 Å². The summed E-state index contributed by atoms with van der Waals surface area (Å²) in [4.78, 5) is 4.76. The molecule has 1 heterocycles. The van der Waals surface area contributed by atoms with E-state index in [2.05, 4.69) is 4.98 Å². The van der Waals surface area contributed by atoms with E-state index in [0.29, 0.717) is 10.4 Å². The fraction of sp³-hybridized carbons (Fsp3) is 0.250. The van der Waals surface area contributed by atoms with E-state index in [9.17, 15) is 9.50 Å². The Morgan fingerprint density at radius 3 is 2.76 bits per heavy atom. The first-order chi connectivity index (χ1) is 8.11. The maximum absolute atomic E-state index is 13.5. The molecular formula is C12H12FNO2S. The van der Waals surface area contributed by atoms with Crippen LogP contribution in [-0.2, 0) is 0 Å². The Bertz CT molecular complexity index is 527. The minimum Gasteiger partial charge on any atom is -0.494 e. The second kappa shape index (κ2) is 4.81. The van der Waals surface area contributed by atoms with Gasteiger partial charge in [0, 0.05) is 6.20 Å². The van der Waals surface area contributed by atoms with Gasteiger partial charge in [-0.3, -0.25) is 0 Å². The quantitative estimate of drug-likeness (QED) is 0.914. The first-order valence-electron chi connectivity index (χ1n) is 5.05. The van der Waals surface area contributed by atoms with E-state index in [-0.39, 0.29) is 5.75 Å². The van der Waals surface area contributed by atoms with E-state index >= 15 is 0 Å². The second-order valence-corrected chi connectivity index (χ2v) is 4.84. The van der Waals surface area contributed by atoms with Gasteiger partial charge in [0.2, 0.25) is 0 Å². The Morgan fingerprint density at radius 2 is 2.24 bits per heavy atom. The molecule has 0 aliphatic rings. The van der Waals surface area contributed by atoms with Crippen LogP contribution in [0, 0.1) is 12.7 Å². The van der Waals surface area contributed by atoms with E-state index < -0.39 is 11.9 Å². The molecule has 1 N–H and O–H groups in total. The van der Waals surface area contributed by atoms with Gasteiger partial charge in [0.25, 0.3) is 0 Å². The normalized spacial score (nSPS) is 12.5. The molecule has 0 bridgehead atoms. The molecule has 1 unspecified atom stereocenters. The summed E-state index contributed by atoms with van der Waals surface area (Å²) in [5, 5.41) is 10.9. The Labute approximate surface area is 103 Å². The third-order valence-corrected chi connectivity index (χ3v) is 3.37. The van der Waals surface area contributed by atoms with Gasteiger partial charge >= 0.3 is 0 Å². The number of hydrogen-bond acceptors (Lipinski definition) is 4. The van der Waals surface area contributed by atoms with Crippen LogP contribution in [0.1, 0.15) is 21.6 Å². The van der Waals surface area contributed by atoms with Gasteiger partial charge in [0.1, 0.15) is 6.10 Å². The fourth-order valence-electron chi connectivity index (χ4n) is 1.52. The van der Waals surface area contributed by atoms with Crippen molar-refractivity contribution in [2.75, 3.05) is 7.11 Å². The van der Waals surface area contributed by atoms with E-state index in [1.54, 1.807) is 12.3 Å². The lowest BCUT2D eigenvalue weighted by Gasteiger charge is -2.10. The Morgan fingerprint density at radius 1 is 1.47 bits per heavy atom. The van der Waals surface area contributed by atoms with Gasteiger partial charge < -0.3 is 9.84 Å². The van der Waals surface area contributed by atoms with Crippen molar-refractivity contribution in [1.29, 1.82) is 0 Å². The highest BCUT2D eigenvalue weighted by molar-refractivity contribution is 7.11. The molecule has 1 aromatic heterocycles.